The molecular formula is C22H34IN5O2S. The van der Waals surface area contributed by atoms with Crippen LogP contribution in [0.2, 0.25) is 0 Å². The molecule has 0 saturated carbocycles. The van der Waals surface area contributed by atoms with Gasteiger partial charge in [0.15, 0.2) is 5.96 Å². The van der Waals surface area contributed by atoms with Gasteiger partial charge >= 0.3 is 6.09 Å². The molecule has 2 N–H and O–H groups in total. The molecule has 1 amide bonds. The van der Waals surface area contributed by atoms with E-state index in [-0.39, 0.29) is 30.1 Å². The lowest BCUT2D eigenvalue weighted by molar-refractivity contribution is 0.0285. The number of rotatable bonds is 6. The minimum Gasteiger partial charge on any atom is -0.444 e. The summed E-state index contributed by atoms with van der Waals surface area (Å²) >= 11 is 1.70. The fraction of sp³-hybridized carbons (Fsp3) is 0.500. The molecule has 0 unspecified atom stereocenters. The van der Waals surface area contributed by atoms with E-state index in [1.165, 1.54) is 4.88 Å². The van der Waals surface area contributed by atoms with Crippen molar-refractivity contribution in [3.63, 3.8) is 0 Å². The number of aryl methyl sites for hydroxylation is 2. The van der Waals surface area contributed by atoms with Gasteiger partial charge in [-0.15, -0.1) is 35.3 Å². The van der Waals surface area contributed by atoms with E-state index in [4.69, 9.17) is 4.74 Å². The Morgan fingerprint density at radius 2 is 1.71 bits per heavy atom. The van der Waals surface area contributed by atoms with E-state index in [1.54, 1.807) is 30.3 Å². The van der Waals surface area contributed by atoms with Crippen molar-refractivity contribution in [3.05, 3.63) is 51.0 Å². The summed E-state index contributed by atoms with van der Waals surface area (Å²) in [5.74, 6) is 0.745. The summed E-state index contributed by atoms with van der Waals surface area (Å²) < 4.78 is 5.39. The van der Waals surface area contributed by atoms with E-state index < -0.39 is 5.60 Å². The number of guanidine groups is 1. The fourth-order valence-electron chi connectivity index (χ4n) is 2.75. The first kappa shape index (κ1) is 27.2. The number of hydrogen-bond donors (Lipinski definition) is 2. The average Bonchev–Trinajstić information content (AvgIpc) is 2.99. The van der Waals surface area contributed by atoms with E-state index in [0.29, 0.717) is 19.6 Å². The van der Waals surface area contributed by atoms with Crippen LogP contribution in [-0.4, -0.2) is 41.6 Å². The first-order valence-corrected chi connectivity index (χ1v) is 10.8. The molecule has 0 aliphatic rings. The van der Waals surface area contributed by atoms with Crippen LogP contribution in [0.1, 0.15) is 47.5 Å². The molecular weight excluding hydrogens is 525 g/mol. The van der Waals surface area contributed by atoms with E-state index in [1.807, 2.05) is 46.8 Å². The molecule has 0 radical (unpaired) electrons. The molecule has 0 aliphatic carbocycles. The minimum absolute atomic E-state index is 0. The summed E-state index contributed by atoms with van der Waals surface area (Å²) in [5.41, 5.74) is 2.75. The Hall–Kier alpha value is -1.88. The number of ether oxygens (including phenoxy) is 1. The fourth-order valence-corrected chi connectivity index (χ4v) is 3.63. The molecule has 1 aromatic heterocycles. The highest BCUT2D eigenvalue weighted by atomic mass is 127. The third kappa shape index (κ3) is 9.42. The Bertz CT molecular complexity index is 875. The molecule has 172 valence electrons. The lowest BCUT2D eigenvalue weighted by Gasteiger charge is -2.24. The highest BCUT2D eigenvalue weighted by molar-refractivity contribution is 14.0. The summed E-state index contributed by atoms with van der Waals surface area (Å²) in [6.07, 6.45) is -0.325. The average molecular weight is 560 g/mol. The van der Waals surface area contributed by atoms with Gasteiger partial charge in [-0.25, -0.2) is 9.78 Å². The van der Waals surface area contributed by atoms with Crippen LogP contribution in [0.25, 0.3) is 0 Å². The standard InChI is InChI=1S/C22H33N5O2S.HI/c1-15-19(30-16(2)26-15)13-25-20(23-6)24-12-17-8-10-18(11-9-17)14-27(7)21(28)29-22(3,4)5;/h8-11H,12-14H2,1-7H3,(H2,23,24,25);1H. The van der Waals surface area contributed by atoms with Crippen molar-refractivity contribution in [1.82, 2.24) is 20.5 Å². The molecule has 1 aromatic carbocycles. The second-order valence-corrected chi connectivity index (χ2v) is 9.46. The topological polar surface area (TPSA) is 78.9 Å². The zero-order valence-corrected chi connectivity index (χ0v) is 22.6. The van der Waals surface area contributed by atoms with Gasteiger partial charge in [0.25, 0.3) is 0 Å². The van der Waals surface area contributed by atoms with Gasteiger partial charge in [0.2, 0.25) is 0 Å². The molecule has 2 rings (SSSR count). The molecule has 0 bridgehead atoms. The van der Waals surface area contributed by atoms with Crippen molar-refractivity contribution in [2.45, 2.75) is 59.9 Å². The number of amides is 1. The zero-order valence-electron chi connectivity index (χ0n) is 19.4. The number of nitrogens with one attached hydrogen (secondary N) is 2. The number of carbonyl (C=O) groups is 1. The van der Waals surface area contributed by atoms with Crippen LogP contribution < -0.4 is 10.6 Å². The summed E-state index contributed by atoms with van der Waals surface area (Å²) in [5, 5.41) is 7.73. The number of thiazole rings is 1. The molecule has 1 heterocycles. The summed E-state index contributed by atoms with van der Waals surface area (Å²) in [6, 6.07) is 8.15. The van der Waals surface area contributed by atoms with Crippen LogP contribution in [0.3, 0.4) is 0 Å². The van der Waals surface area contributed by atoms with Crippen LogP contribution in [0.4, 0.5) is 4.79 Å². The molecule has 7 nitrogen and oxygen atoms in total. The van der Waals surface area contributed by atoms with Gasteiger partial charge in [-0.2, -0.15) is 0 Å². The minimum atomic E-state index is -0.495. The van der Waals surface area contributed by atoms with E-state index in [2.05, 4.69) is 32.7 Å². The lowest BCUT2D eigenvalue weighted by Crippen LogP contribution is -2.36. The molecule has 31 heavy (non-hydrogen) atoms. The van der Waals surface area contributed by atoms with Crippen molar-refractivity contribution in [2.75, 3.05) is 14.1 Å². The Labute approximate surface area is 206 Å². The largest absolute Gasteiger partial charge is 0.444 e. The van der Waals surface area contributed by atoms with Crippen molar-refractivity contribution in [2.24, 2.45) is 4.99 Å². The van der Waals surface area contributed by atoms with Crippen LogP contribution >= 0.6 is 35.3 Å². The van der Waals surface area contributed by atoms with E-state index >= 15 is 0 Å². The maximum absolute atomic E-state index is 12.1. The maximum Gasteiger partial charge on any atom is 0.410 e. The van der Waals surface area contributed by atoms with Crippen LogP contribution in [-0.2, 0) is 24.4 Å². The molecule has 0 atom stereocenters. The smallest absolute Gasteiger partial charge is 0.410 e. The predicted octanol–water partition coefficient (Wildman–Crippen LogP) is 4.61. The molecule has 0 saturated heterocycles. The van der Waals surface area contributed by atoms with Gasteiger partial charge in [0.05, 0.1) is 17.2 Å². The number of hydrogen-bond acceptors (Lipinski definition) is 5. The van der Waals surface area contributed by atoms with Crippen LogP contribution in [0.5, 0.6) is 0 Å². The van der Waals surface area contributed by atoms with Crippen molar-refractivity contribution in [3.8, 4) is 0 Å². The number of benzene rings is 1. The van der Waals surface area contributed by atoms with Gasteiger partial charge in [-0.05, 0) is 45.7 Å². The van der Waals surface area contributed by atoms with Gasteiger partial charge in [0, 0.05) is 32.1 Å². The highest BCUT2D eigenvalue weighted by Crippen LogP contribution is 2.16. The summed E-state index contributed by atoms with van der Waals surface area (Å²) in [6.45, 7) is 11.5. The third-order valence-electron chi connectivity index (χ3n) is 4.25. The lowest BCUT2D eigenvalue weighted by atomic mass is 10.1. The normalized spacial score (nSPS) is 11.5. The number of aliphatic imine (C=N–C) groups is 1. The second-order valence-electron chi connectivity index (χ2n) is 8.17. The summed E-state index contributed by atoms with van der Waals surface area (Å²) in [7, 11) is 3.50. The summed E-state index contributed by atoms with van der Waals surface area (Å²) in [4.78, 5) is 23.6. The highest BCUT2D eigenvalue weighted by Gasteiger charge is 2.19. The third-order valence-corrected chi connectivity index (χ3v) is 5.32. The molecule has 9 heteroatoms. The number of aromatic nitrogens is 1. The Morgan fingerprint density at radius 1 is 1.13 bits per heavy atom. The number of halogens is 1. The first-order chi connectivity index (χ1) is 14.1. The Kier molecular flexibility index (Phi) is 10.7. The second kappa shape index (κ2) is 12.2. The Morgan fingerprint density at radius 3 is 2.23 bits per heavy atom. The van der Waals surface area contributed by atoms with E-state index in [9.17, 15) is 4.79 Å². The van der Waals surface area contributed by atoms with Gasteiger partial charge in [-0.3, -0.25) is 4.99 Å². The zero-order chi connectivity index (χ0) is 22.3. The van der Waals surface area contributed by atoms with Crippen molar-refractivity contribution >= 4 is 47.4 Å². The van der Waals surface area contributed by atoms with Gasteiger partial charge in [0.1, 0.15) is 5.60 Å². The van der Waals surface area contributed by atoms with Crippen LogP contribution in [0.15, 0.2) is 29.3 Å². The first-order valence-electron chi connectivity index (χ1n) is 9.96. The molecule has 0 spiro atoms. The van der Waals surface area contributed by atoms with E-state index in [0.717, 1.165) is 27.8 Å². The Balaban J connectivity index is 0.00000480. The van der Waals surface area contributed by atoms with Gasteiger partial charge < -0.3 is 20.3 Å². The van der Waals surface area contributed by atoms with Crippen molar-refractivity contribution < 1.29 is 9.53 Å². The predicted molar refractivity (Wildman–Crippen MR) is 138 cm³/mol. The monoisotopic (exact) mass is 559 g/mol. The number of carbonyl (C=O) groups excluding carboxylic acids is 1. The van der Waals surface area contributed by atoms with Gasteiger partial charge in [-0.1, -0.05) is 24.3 Å². The molecule has 0 fully saturated rings. The number of nitrogens with zero attached hydrogens (tertiary/aromatic N) is 3. The SMILES string of the molecule is CN=C(NCc1ccc(CN(C)C(=O)OC(C)(C)C)cc1)NCc1sc(C)nc1C.I. The maximum atomic E-state index is 12.1. The van der Waals surface area contributed by atoms with Crippen molar-refractivity contribution in [1.29, 1.82) is 0 Å². The quantitative estimate of drug-likeness (QED) is 0.307. The molecule has 2 aromatic rings. The van der Waals surface area contributed by atoms with Crippen LogP contribution in [0, 0.1) is 13.8 Å². The molecule has 0 aliphatic heterocycles.